The Hall–Kier alpha value is -1.06. The molecule has 3 heteroatoms. The smallest absolute Gasteiger partial charge is 0.119 e. The molecule has 0 fully saturated rings. The summed E-state index contributed by atoms with van der Waals surface area (Å²) in [6, 6.07) is 6.25. The molecular formula is C13H19NO2. The number of methoxy groups -OCH3 is 1. The topological polar surface area (TPSA) is 32.7 Å². The quantitative estimate of drug-likeness (QED) is 0.843. The lowest BCUT2D eigenvalue weighted by molar-refractivity contribution is 0.138. The summed E-state index contributed by atoms with van der Waals surface area (Å²) in [5.74, 6) is 0.445. The molecular weight excluding hydrogens is 202 g/mol. The van der Waals surface area contributed by atoms with E-state index in [-0.39, 0.29) is 0 Å². The summed E-state index contributed by atoms with van der Waals surface area (Å²) in [6.45, 7) is 1.68. The summed E-state index contributed by atoms with van der Waals surface area (Å²) in [5, 5.41) is 9.76. The predicted molar refractivity (Wildman–Crippen MR) is 63.7 cm³/mol. The summed E-state index contributed by atoms with van der Waals surface area (Å²) in [7, 11) is 3.84. The fourth-order valence-corrected chi connectivity index (χ4v) is 2.46. The van der Waals surface area contributed by atoms with E-state index in [2.05, 4.69) is 18.0 Å². The molecule has 0 aliphatic heterocycles. The lowest BCUT2D eigenvalue weighted by Gasteiger charge is -2.24. The molecule has 1 aliphatic carbocycles. The fraction of sp³-hybridized carbons (Fsp3) is 0.538. The average Bonchev–Trinajstić information content (AvgIpc) is 2.71. The number of hydrogen-bond acceptors (Lipinski definition) is 3. The number of rotatable bonds is 4. The van der Waals surface area contributed by atoms with E-state index in [9.17, 15) is 5.11 Å². The van der Waals surface area contributed by atoms with Gasteiger partial charge < -0.3 is 9.84 Å². The Morgan fingerprint density at radius 1 is 1.50 bits per heavy atom. The molecule has 2 rings (SSSR count). The van der Waals surface area contributed by atoms with Crippen LogP contribution in [0, 0.1) is 0 Å². The SMILES string of the molecule is COCCN(C)C1CCc2c(O)cccc21. The molecule has 0 amide bonds. The van der Waals surface area contributed by atoms with Crippen LogP contribution < -0.4 is 0 Å². The van der Waals surface area contributed by atoms with Crippen molar-refractivity contribution in [1.82, 2.24) is 4.90 Å². The van der Waals surface area contributed by atoms with Gasteiger partial charge in [0.15, 0.2) is 0 Å². The highest BCUT2D eigenvalue weighted by Gasteiger charge is 2.27. The summed E-state index contributed by atoms with van der Waals surface area (Å²) < 4.78 is 5.09. The van der Waals surface area contributed by atoms with Gasteiger partial charge in [0.25, 0.3) is 0 Å². The third kappa shape index (κ3) is 2.06. The van der Waals surface area contributed by atoms with Crippen LogP contribution in [0.4, 0.5) is 0 Å². The molecule has 0 heterocycles. The van der Waals surface area contributed by atoms with Crippen molar-refractivity contribution < 1.29 is 9.84 Å². The number of phenols is 1. The average molecular weight is 221 g/mol. The third-order valence-corrected chi connectivity index (χ3v) is 3.39. The Balaban J connectivity index is 2.14. The Kier molecular flexibility index (Phi) is 3.46. The fourth-order valence-electron chi connectivity index (χ4n) is 2.46. The van der Waals surface area contributed by atoms with Crippen LogP contribution in [0.25, 0.3) is 0 Å². The van der Waals surface area contributed by atoms with Crippen LogP contribution in [0.15, 0.2) is 18.2 Å². The van der Waals surface area contributed by atoms with Crippen LogP contribution in [0.2, 0.25) is 0 Å². The first-order valence-corrected chi connectivity index (χ1v) is 5.74. The molecule has 3 nitrogen and oxygen atoms in total. The van der Waals surface area contributed by atoms with Crippen LogP contribution in [-0.2, 0) is 11.2 Å². The number of likely N-dealkylation sites (N-methyl/N-ethyl adjacent to an activating group) is 1. The van der Waals surface area contributed by atoms with Gasteiger partial charge in [-0.2, -0.15) is 0 Å². The third-order valence-electron chi connectivity index (χ3n) is 3.39. The van der Waals surface area contributed by atoms with Crippen LogP contribution in [0.1, 0.15) is 23.6 Å². The number of ether oxygens (including phenoxy) is 1. The molecule has 0 bridgehead atoms. The molecule has 1 atom stereocenters. The summed E-state index contributed by atoms with van der Waals surface area (Å²) in [4.78, 5) is 2.30. The second-order valence-corrected chi connectivity index (χ2v) is 4.37. The first-order chi connectivity index (χ1) is 7.74. The van der Waals surface area contributed by atoms with E-state index in [0.717, 1.165) is 31.6 Å². The number of phenolic OH excluding ortho intramolecular Hbond substituents is 1. The first-order valence-electron chi connectivity index (χ1n) is 5.74. The number of aromatic hydroxyl groups is 1. The number of benzene rings is 1. The molecule has 0 spiro atoms. The van der Waals surface area contributed by atoms with Gasteiger partial charge in [-0.3, -0.25) is 4.90 Å². The zero-order valence-corrected chi connectivity index (χ0v) is 9.94. The minimum absolute atomic E-state index is 0.428. The Morgan fingerprint density at radius 3 is 3.06 bits per heavy atom. The van der Waals surface area contributed by atoms with Crippen LogP contribution >= 0.6 is 0 Å². The van der Waals surface area contributed by atoms with E-state index in [1.54, 1.807) is 13.2 Å². The molecule has 0 radical (unpaired) electrons. The highest BCUT2D eigenvalue weighted by Crippen LogP contribution is 2.38. The normalized spacial score (nSPS) is 19.1. The van der Waals surface area contributed by atoms with Gasteiger partial charge in [-0.15, -0.1) is 0 Å². The van der Waals surface area contributed by atoms with Crippen molar-refractivity contribution in [2.75, 3.05) is 27.3 Å². The minimum Gasteiger partial charge on any atom is -0.508 e. The zero-order chi connectivity index (χ0) is 11.5. The molecule has 1 aliphatic rings. The summed E-state index contributed by atoms with van der Waals surface area (Å²) in [5.41, 5.74) is 2.40. The van der Waals surface area contributed by atoms with E-state index in [1.165, 1.54) is 5.56 Å². The molecule has 0 saturated heterocycles. The Bertz CT molecular complexity index is 365. The lowest BCUT2D eigenvalue weighted by Crippen LogP contribution is -2.26. The van der Waals surface area contributed by atoms with Gasteiger partial charge in [-0.1, -0.05) is 12.1 Å². The lowest BCUT2D eigenvalue weighted by atomic mass is 10.1. The predicted octanol–water partition coefficient (Wildman–Crippen LogP) is 1.96. The number of hydrogen-bond donors (Lipinski definition) is 1. The van der Waals surface area contributed by atoms with Gasteiger partial charge in [0.2, 0.25) is 0 Å². The molecule has 0 aromatic heterocycles. The number of fused-ring (bicyclic) bond motifs is 1. The standard InChI is InChI=1S/C13H19NO2/c1-14(8-9-16-2)12-7-6-11-10(12)4-3-5-13(11)15/h3-5,12,15H,6-9H2,1-2H3. The van der Waals surface area contributed by atoms with Crippen molar-refractivity contribution in [2.24, 2.45) is 0 Å². The van der Waals surface area contributed by atoms with E-state index < -0.39 is 0 Å². The number of nitrogens with zero attached hydrogens (tertiary/aromatic N) is 1. The van der Waals surface area contributed by atoms with E-state index in [1.807, 2.05) is 6.07 Å². The van der Waals surface area contributed by atoms with Crippen LogP contribution in [0.5, 0.6) is 5.75 Å². The molecule has 1 N–H and O–H groups in total. The molecule has 1 unspecified atom stereocenters. The largest absolute Gasteiger partial charge is 0.508 e. The second kappa shape index (κ2) is 4.85. The van der Waals surface area contributed by atoms with Crippen molar-refractivity contribution in [3.05, 3.63) is 29.3 Å². The van der Waals surface area contributed by atoms with Crippen molar-refractivity contribution in [3.8, 4) is 5.75 Å². The maximum absolute atomic E-state index is 9.76. The summed E-state index contributed by atoms with van der Waals surface area (Å²) in [6.07, 6.45) is 2.07. The van der Waals surface area contributed by atoms with Crippen LogP contribution in [0.3, 0.4) is 0 Å². The second-order valence-electron chi connectivity index (χ2n) is 4.37. The monoisotopic (exact) mass is 221 g/mol. The highest BCUT2D eigenvalue weighted by atomic mass is 16.5. The van der Waals surface area contributed by atoms with Crippen molar-refractivity contribution in [2.45, 2.75) is 18.9 Å². The van der Waals surface area contributed by atoms with Gasteiger partial charge >= 0.3 is 0 Å². The zero-order valence-electron chi connectivity index (χ0n) is 9.94. The van der Waals surface area contributed by atoms with Gasteiger partial charge in [-0.05, 0) is 37.1 Å². The maximum atomic E-state index is 9.76. The van der Waals surface area contributed by atoms with E-state index in [4.69, 9.17) is 4.74 Å². The highest BCUT2D eigenvalue weighted by molar-refractivity contribution is 5.44. The van der Waals surface area contributed by atoms with Gasteiger partial charge in [0, 0.05) is 19.7 Å². The molecule has 1 aromatic rings. The van der Waals surface area contributed by atoms with E-state index >= 15 is 0 Å². The Labute approximate surface area is 96.6 Å². The van der Waals surface area contributed by atoms with Crippen molar-refractivity contribution in [3.63, 3.8) is 0 Å². The van der Waals surface area contributed by atoms with Crippen LogP contribution in [-0.4, -0.2) is 37.3 Å². The van der Waals surface area contributed by atoms with E-state index in [0.29, 0.717) is 11.8 Å². The minimum atomic E-state index is 0.428. The van der Waals surface area contributed by atoms with Gasteiger partial charge in [0.1, 0.15) is 5.75 Å². The molecule has 1 aromatic carbocycles. The maximum Gasteiger partial charge on any atom is 0.119 e. The van der Waals surface area contributed by atoms with Crippen molar-refractivity contribution in [1.29, 1.82) is 0 Å². The molecule has 0 saturated carbocycles. The van der Waals surface area contributed by atoms with Gasteiger partial charge in [0.05, 0.1) is 6.61 Å². The molecule has 88 valence electrons. The van der Waals surface area contributed by atoms with Crippen molar-refractivity contribution >= 4 is 0 Å². The Morgan fingerprint density at radius 2 is 2.31 bits per heavy atom. The van der Waals surface area contributed by atoms with Gasteiger partial charge in [-0.25, -0.2) is 0 Å². The summed E-state index contributed by atoms with van der Waals surface area (Å²) >= 11 is 0. The first kappa shape index (κ1) is 11.4. The molecule has 16 heavy (non-hydrogen) atoms.